The summed E-state index contributed by atoms with van der Waals surface area (Å²) in [5.41, 5.74) is 1.91. The van der Waals surface area contributed by atoms with Crippen LogP contribution in [-0.4, -0.2) is 31.5 Å². The van der Waals surface area contributed by atoms with E-state index in [1.165, 1.54) is 12.1 Å². The van der Waals surface area contributed by atoms with Gasteiger partial charge in [-0.05, 0) is 43.2 Å². The molecule has 2 heterocycles. The zero-order valence-corrected chi connectivity index (χ0v) is 16.0. The lowest BCUT2D eigenvalue weighted by Crippen LogP contribution is -2.42. The van der Waals surface area contributed by atoms with Gasteiger partial charge in [-0.25, -0.2) is 14.2 Å². The molecule has 0 unspecified atom stereocenters. The number of aromatic nitrogens is 3. The summed E-state index contributed by atoms with van der Waals surface area (Å²) >= 11 is 0. The molecule has 0 saturated heterocycles. The van der Waals surface area contributed by atoms with Crippen LogP contribution in [0.1, 0.15) is 30.8 Å². The average Bonchev–Trinajstić information content (AvgIpc) is 3.10. The summed E-state index contributed by atoms with van der Waals surface area (Å²) in [4.78, 5) is 23.0. The number of pyridine rings is 1. The molecule has 1 aromatic carbocycles. The number of hydrogen-bond acceptors (Lipinski definition) is 3. The van der Waals surface area contributed by atoms with Crippen molar-refractivity contribution in [3.05, 3.63) is 84.0 Å². The van der Waals surface area contributed by atoms with Crippen LogP contribution in [0.25, 0.3) is 0 Å². The fourth-order valence-electron chi connectivity index (χ4n) is 2.84. The van der Waals surface area contributed by atoms with E-state index in [9.17, 15) is 9.18 Å². The van der Waals surface area contributed by atoms with E-state index in [2.05, 4.69) is 15.3 Å². The van der Waals surface area contributed by atoms with Gasteiger partial charge < -0.3 is 14.8 Å². The molecule has 146 valence electrons. The van der Waals surface area contributed by atoms with Crippen molar-refractivity contribution in [1.29, 1.82) is 0 Å². The number of hydrogen-bond donors (Lipinski definition) is 1. The smallest absolute Gasteiger partial charge is 0.318 e. The van der Waals surface area contributed by atoms with Crippen molar-refractivity contribution in [2.75, 3.05) is 0 Å². The number of nitrogens with one attached hydrogen (secondary N) is 1. The second-order valence-electron chi connectivity index (χ2n) is 6.92. The maximum absolute atomic E-state index is 13.1. The summed E-state index contributed by atoms with van der Waals surface area (Å²) < 4.78 is 15.1. The van der Waals surface area contributed by atoms with Crippen molar-refractivity contribution in [3.63, 3.8) is 0 Å². The van der Waals surface area contributed by atoms with Crippen molar-refractivity contribution in [1.82, 2.24) is 24.8 Å². The highest BCUT2D eigenvalue weighted by atomic mass is 19.1. The molecule has 6 nitrogen and oxygen atoms in total. The Balaban J connectivity index is 1.77. The van der Waals surface area contributed by atoms with Gasteiger partial charge in [-0.3, -0.25) is 4.98 Å². The van der Waals surface area contributed by atoms with Crippen LogP contribution in [0.15, 0.2) is 61.2 Å². The second kappa shape index (κ2) is 9.12. The number of carbonyl (C=O) groups excluding carboxylic acids is 1. The minimum Gasteiger partial charge on any atom is -0.336 e. The molecule has 0 radical (unpaired) electrons. The van der Waals surface area contributed by atoms with Gasteiger partial charge in [0.25, 0.3) is 0 Å². The molecule has 0 bridgehead atoms. The number of rotatable bonds is 7. The van der Waals surface area contributed by atoms with Gasteiger partial charge in [0.2, 0.25) is 0 Å². The quantitative estimate of drug-likeness (QED) is 0.680. The maximum Gasteiger partial charge on any atom is 0.318 e. The molecular formula is C21H24FN5O. The topological polar surface area (TPSA) is 63.1 Å². The average molecular weight is 381 g/mol. The van der Waals surface area contributed by atoms with Gasteiger partial charge in [0.05, 0.1) is 6.54 Å². The first-order chi connectivity index (χ1) is 13.5. The predicted molar refractivity (Wildman–Crippen MR) is 105 cm³/mol. The molecule has 2 amide bonds. The Morgan fingerprint density at radius 2 is 1.93 bits per heavy atom. The number of benzene rings is 1. The highest BCUT2D eigenvalue weighted by Crippen LogP contribution is 2.12. The van der Waals surface area contributed by atoms with E-state index in [-0.39, 0.29) is 17.9 Å². The van der Waals surface area contributed by atoms with Gasteiger partial charge in [-0.1, -0.05) is 18.2 Å². The van der Waals surface area contributed by atoms with E-state index in [4.69, 9.17) is 0 Å². The molecule has 3 aromatic rings. The van der Waals surface area contributed by atoms with Crippen molar-refractivity contribution in [2.24, 2.45) is 0 Å². The number of halogens is 1. The van der Waals surface area contributed by atoms with Gasteiger partial charge in [-0.15, -0.1) is 0 Å². The number of imidazole rings is 1. The molecule has 2 aromatic heterocycles. The first-order valence-corrected chi connectivity index (χ1v) is 9.20. The van der Waals surface area contributed by atoms with Crippen LogP contribution in [0.3, 0.4) is 0 Å². The molecule has 0 saturated carbocycles. The summed E-state index contributed by atoms with van der Waals surface area (Å²) in [7, 11) is 0. The lowest BCUT2D eigenvalue weighted by molar-refractivity contribution is 0.187. The van der Waals surface area contributed by atoms with Gasteiger partial charge in [0.15, 0.2) is 0 Å². The molecule has 0 aliphatic heterocycles. The Labute approximate surface area is 164 Å². The fourth-order valence-corrected chi connectivity index (χ4v) is 2.84. The van der Waals surface area contributed by atoms with E-state index < -0.39 is 0 Å². The SMILES string of the molecule is CC(C)NC(=O)N(Cc1cccnc1)Cc1nccn1Cc1ccc(F)cc1. The van der Waals surface area contributed by atoms with Crippen LogP contribution in [0.2, 0.25) is 0 Å². The minimum absolute atomic E-state index is 0.0304. The zero-order chi connectivity index (χ0) is 19.9. The third-order valence-corrected chi connectivity index (χ3v) is 4.20. The van der Waals surface area contributed by atoms with Gasteiger partial charge in [-0.2, -0.15) is 0 Å². The van der Waals surface area contributed by atoms with Gasteiger partial charge in [0, 0.05) is 43.9 Å². The van der Waals surface area contributed by atoms with Crippen LogP contribution >= 0.6 is 0 Å². The summed E-state index contributed by atoms with van der Waals surface area (Å²) in [5, 5.41) is 2.94. The van der Waals surface area contributed by atoms with E-state index >= 15 is 0 Å². The Bertz CT molecular complexity index is 893. The monoisotopic (exact) mass is 381 g/mol. The number of urea groups is 1. The zero-order valence-electron chi connectivity index (χ0n) is 16.0. The number of carbonyl (C=O) groups is 1. The van der Waals surface area contributed by atoms with Crippen molar-refractivity contribution in [3.8, 4) is 0 Å². The first-order valence-electron chi connectivity index (χ1n) is 9.20. The van der Waals surface area contributed by atoms with E-state index in [1.807, 2.05) is 36.7 Å². The largest absolute Gasteiger partial charge is 0.336 e. The highest BCUT2D eigenvalue weighted by molar-refractivity contribution is 5.74. The van der Waals surface area contributed by atoms with Crippen molar-refractivity contribution >= 4 is 6.03 Å². The number of nitrogens with zero attached hydrogens (tertiary/aromatic N) is 4. The Kier molecular flexibility index (Phi) is 6.37. The Morgan fingerprint density at radius 3 is 2.61 bits per heavy atom. The summed E-state index contributed by atoms with van der Waals surface area (Å²) in [6.07, 6.45) is 7.03. The lowest BCUT2D eigenvalue weighted by atomic mass is 10.2. The third kappa shape index (κ3) is 5.39. The Morgan fingerprint density at radius 1 is 1.14 bits per heavy atom. The lowest BCUT2D eigenvalue weighted by Gasteiger charge is -2.24. The number of amides is 2. The van der Waals surface area contributed by atoms with E-state index in [0.29, 0.717) is 19.6 Å². The Hall–Kier alpha value is -3.22. The minimum atomic E-state index is -0.261. The molecular weight excluding hydrogens is 357 g/mol. The maximum atomic E-state index is 13.1. The molecule has 7 heteroatoms. The molecule has 28 heavy (non-hydrogen) atoms. The molecule has 1 N–H and O–H groups in total. The van der Waals surface area contributed by atoms with Crippen LogP contribution in [-0.2, 0) is 19.6 Å². The normalized spacial score (nSPS) is 10.9. The molecule has 0 atom stereocenters. The van der Waals surface area contributed by atoms with Crippen LogP contribution < -0.4 is 5.32 Å². The van der Waals surface area contributed by atoms with Gasteiger partial charge in [0.1, 0.15) is 11.6 Å². The van der Waals surface area contributed by atoms with Crippen LogP contribution in [0.4, 0.5) is 9.18 Å². The fraction of sp³-hybridized carbons (Fsp3) is 0.286. The van der Waals surface area contributed by atoms with Crippen LogP contribution in [0.5, 0.6) is 0 Å². The highest BCUT2D eigenvalue weighted by Gasteiger charge is 2.18. The molecule has 0 aliphatic carbocycles. The second-order valence-corrected chi connectivity index (χ2v) is 6.92. The predicted octanol–water partition coefficient (Wildman–Crippen LogP) is 3.59. The summed E-state index contributed by atoms with van der Waals surface area (Å²) in [6, 6.07) is 10.0. The van der Waals surface area contributed by atoms with Crippen LogP contribution in [0, 0.1) is 5.82 Å². The summed E-state index contributed by atoms with van der Waals surface area (Å²) in [5.74, 6) is 0.495. The first kappa shape index (κ1) is 19.5. The summed E-state index contributed by atoms with van der Waals surface area (Å²) in [6.45, 7) is 5.19. The molecule has 0 fully saturated rings. The van der Waals surface area contributed by atoms with Gasteiger partial charge >= 0.3 is 6.03 Å². The molecule has 3 rings (SSSR count). The molecule has 0 aliphatic rings. The standard InChI is InChI=1S/C21H24FN5O/c1-16(2)25-21(28)27(14-18-4-3-9-23-12-18)15-20-24-10-11-26(20)13-17-5-7-19(22)8-6-17/h3-12,16H,13-15H2,1-2H3,(H,25,28). The molecule has 0 spiro atoms. The third-order valence-electron chi connectivity index (χ3n) is 4.20. The van der Waals surface area contributed by atoms with Crippen molar-refractivity contribution in [2.45, 2.75) is 39.5 Å². The van der Waals surface area contributed by atoms with E-state index in [0.717, 1.165) is 17.0 Å². The van der Waals surface area contributed by atoms with E-state index in [1.54, 1.807) is 35.6 Å². The van der Waals surface area contributed by atoms with Crippen molar-refractivity contribution < 1.29 is 9.18 Å².